The Kier molecular flexibility index (Phi) is 4.75. The van der Waals surface area contributed by atoms with Crippen LogP contribution < -0.4 is 5.32 Å². The van der Waals surface area contributed by atoms with E-state index in [1.165, 1.54) is 0 Å². The third kappa shape index (κ3) is 4.00. The van der Waals surface area contributed by atoms with Crippen molar-refractivity contribution in [3.05, 3.63) is 0 Å². The molecule has 0 saturated carbocycles. The summed E-state index contributed by atoms with van der Waals surface area (Å²) in [5, 5.41) is 2.74. The van der Waals surface area contributed by atoms with E-state index in [1.54, 1.807) is 0 Å². The van der Waals surface area contributed by atoms with Gasteiger partial charge in [-0.25, -0.2) is 0 Å². The Morgan fingerprint density at radius 3 is 2.87 bits per heavy atom. The lowest BCUT2D eigenvalue weighted by atomic mass is 10.0. The number of rotatable bonds is 5. The first kappa shape index (κ1) is 12.2. The molecular weight excluding hydrogens is 192 g/mol. The quantitative estimate of drug-likeness (QED) is 0.678. The van der Waals surface area contributed by atoms with E-state index in [1.807, 2.05) is 11.9 Å². The zero-order chi connectivity index (χ0) is 11.3. The van der Waals surface area contributed by atoms with Crippen LogP contribution in [0.4, 0.5) is 0 Å². The number of unbranched alkanes of at least 4 members (excludes halogenated alkanes) is 2. The third-order valence-electron chi connectivity index (χ3n) is 2.66. The highest BCUT2D eigenvalue weighted by Crippen LogP contribution is 2.05. The average Bonchev–Trinajstić information content (AvgIpc) is 2.16. The van der Waals surface area contributed by atoms with Gasteiger partial charge in [0.05, 0.1) is 6.54 Å². The van der Waals surface area contributed by atoms with E-state index in [0.29, 0.717) is 19.5 Å². The molecule has 0 aromatic carbocycles. The van der Waals surface area contributed by atoms with E-state index in [-0.39, 0.29) is 17.7 Å². The average molecular weight is 212 g/mol. The van der Waals surface area contributed by atoms with Gasteiger partial charge < -0.3 is 5.32 Å². The lowest BCUT2D eigenvalue weighted by Gasteiger charge is -2.29. The van der Waals surface area contributed by atoms with Gasteiger partial charge in [0.25, 0.3) is 0 Å². The number of nitrogens with one attached hydrogen (secondary N) is 1. The minimum Gasteiger partial charge on any atom is -0.344 e. The molecule has 1 rings (SSSR count). The normalized spacial score (nSPS) is 22.5. The van der Waals surface area contributed by atoms with Crippen LogP contribution in [0.25, 0.3) is 0 Å². The van der Waals surface area contributed by atoms with Gasteiger partial charge in [0.1, 0.15) is 6.04 Å². The molecule has 0 aromatic heterocycles. The van der Waals surface area contributed by atoms with Crippen molar-refractivity contribution in [3.8, 4) is 0 Å². The molecule has 0 spiro atoms. The smallest absolute Gasteiger partial charge is 0.234 e. The van der Waals surface area contributed by atoms with Crippen molar-refractivity contribution < 1.29 is 9.59 Å². The highest BCUT2D eigenvalue weighted by Gasteiger charge is 2.26. The maximum atomic E-state index is 11.7. The fourth-order valence-electron chi connectivity index (χ4n) is 1.81. The minimum atomic E-state index is -0.284. The van der Waals surface area contributed by atoms with Crippen LogP contribution in [0.5, 0.6) is 0 Å². The van der Waals surface area contributed by atoms with Crippen molar-refractivity contribution in [2.45, 2.75) is 38.6 Å². The lowest BCUT2D eigenvalue weighted by Crippen LogP contribution is -2.55. The fourth-order valence-corrected chi connectivity index (χ4v) is 1.81. The summed E-state index contributed by atoms with van der Waals surface area (Å²) in [6.45, 7) is 3.16. The summed E-state index contributed by atoms with van der Waals surface area (Å²) < 4.78 is 0. The molecule has 4 nitrogen and oxygen atoms in total. The molecule has 86 valence electrons. The number of Topliss-reactive ketones (excluding diaryl/α,β-unsaturated/α-hetero) is 1. The largest absolute Gasteiger partial charge is 0.344 e. The fraction of sp³-hybridized carbons (Fsp3) is 0.818. The molecule has 4 heteroatoms. The summed E-state index contributed by atoms with van der Waals surface area (Å²) in [6, 6.07) is -0.284. The number of likely N-dealkylation sites (N-methyl/N-ethyl adjacent to an activating group) is 1. The second-order valence-corrected chi connectivity index (χ2v) is 4.24. The molecule has 0 unspecified atom stereocenters. The number of nitrogens with zero attached hydrogens (tertiary/aromatic N) is 1. The molecule has 1 aliphatic rings. The highest BCUT2D eigenvalue weighted by molar-refractivity contribution is 5.90. The van der Waals surface area contributed by atoms with Gasteiger partial charge in [-0.2, -0.15) is 0 Å². The molecule has 0 aliphatic carbocycles. The molecule has 1 fully saturated rings. The Morgan fingerprint density at radius 2 is 2.27 bits per heavy atom. The van der Waals surface area contributed by atoms with Crippen LogP contribution in [0.3, 0.4) is 0 Å². The first-order valence-corrected chi connectivity index (χ1v) is 5.64. The number of carbonyl (C=O) groups excluding carboxylic acids is 2. The van der Waals surface area contributed by atoms with Crippen molar-refractivity contribution in [2.24, 2.45) is 0 Å². The second-order valence-electron chi connectivity index (χ2n) is 4.24. The van der Waals surface area contributed by atoms with Gasteiger partial charge in [-0.05, 0) is 13.5 Å². The van der Waals surface area contributed by atoms with Crippen molar-refractivity contribution in [1.29, 1.82) is 0 Å². The monoisotopic (exact) mass is 212 g/mol. The van der Waals surface area contributed by atoms with Gasteiger partial charge in [0.2, 0.25) is 5.91 Å². The predicted molar refractivity (Wildman–Crippen MR) is 58.6 cm³/mol. The van der Waals surface area contributed by atoms with Crippen LogP contribution in [0, 0.1) is 0 Å². The third-order valence-corrected chi connectivity index (χ3v) is 2.66. The van der Waals surface area contributed by atoms with Gasteiger partial charge in [-0.1, -0.05) is 19.8 Å². The van der Waals surface area contributed by atoms with Crippen molar-refractivity contribution in [1.82, 2.24) is 10.2 Å². The number of hydrogen-bond donors (Lipinski definition) is 1. The topological polar surface area (TPSA) is 49.4 Å². The van der Waals surface area contributed by atoms with Crippen molar-refractivity contribution in [3.63, 3.8) is 0 Å². The first-order valence-electron chi connectivity index (χ1n) is 5.64. The number of piperazine rings is 1. The Balaban J connectivity index is 2.34. The molecule has 15 heavy (non-hydrogen) atoms. The Morgan fingerprint density at radius 1 is 1.53 bits per heavy atom. The van der Waals surface area contributed by atoms with E-state index >= 15 is 0 Å². The highest BCUT2D eigenvalue weighted by atomic mass is 16.2. The summed E-state index contributed by atoms with van der Waals surface area (Å²) in [4.78, 5) is 24.8. The van der Waals surface area contributed by atoms with E-state index in [4.69, 9.17) is 0 Å². The first-order chi connectivity index (χ1) is 7.13. The molecule has 1 atom stereocenters. The van der Waals surface area contributed by atoms with Crippen LogP contribution in [0.15, 0.2) is 0 Å². The van der Waals surface area contributed by atoms with E-state index < -0.39 is 0 Å². The van der Waals surface area contributed by atoms with Crippen LogP contribution in [0.1, 0.15) is 32.6 Å². The van der Waals surface area contributed by atoms with Crippen molar-refractivity contribution >= 4 is 11.7 Å². The van der Waals surface area contributed by atoms with Crippen LogP contribution in [-0.2, 0) is 9.59 Å². The molecule has 1 saturated heterocycles. The Bertz CT molecular complexity index is 241. The lowest BCUT2D eigenvalue weighted by molar-refractivity contribution is -0.131. The zero-order valence-electron chi connectivity index (χ0n) is 9.58. The molecule has 0 aromatic rings. The SMILES string of the molecule is CCCCCC(=O)[C@@H]1CN(C)CC(=O)N1. The summed E-state index contributed by atoms with van der Waals surface area (Å²) in [7, 11) is 1.87. The molecule has 1 N–H and O–H groups in total. The van der Waals surface area contributed by atoms with Gasteiger partial charge in [-0.15, -0.1) is 0 Å². The standard InChI is InChI=1S/C11H20N2O2/c1-3-4-5-6-10(14)9-7-13(2)8-11(15)12-9/h9H,3-8H2,1-2H3,(H,12,15)/t9-/m0/s1. The van der Waals surface area contributed by atoms with Crippen molar-refractivity contribution in [2.75, 3.05) is 20.1 Å². The maximum absolute atomic E-state index is 11.7. The zero-order valence-corrected chi connectivity index (χ0v) is 9.58. The number of amides is 1. The maximum Gasteiger partial charge on any atom is 0.234 e. The molecule has 0 radical (unpaired) electrons. The van der Waals surface area contributed by atoms with E-state index in [0.717, 1.165) is 19.3 Å². The summed E-state index contributed by atoms with van der Waals surface area (Å²) in [5.74, 6) is 0.126. The molecule has 0 bridgehead atoms. The number of hydrogen-bond acceptors (Lipinski definition) is 3. The summed E-state index contributed by atoms with van der Waals surface area (Å²) >= 11 is 0. The van der Waals surface area contributed by atoms with Gasteiger partial charge in [0.15, 0.2) is 5.78 Å². The molecule has 1 amide bonds. The predicted octanol–water partition coefficient (Wildman–Crippen LogP) is 0.566. The van der Waals surface area contributed by atoms with E-state index in [2.05, 4.69) is 12.2 Å². The number of carbonyl (C=O) groups is 2. The molecule has 1 heterocycles. The van der Waals surface area contributed by atoms with Crippen LogP contribution >= 0.6 is 0 Å². The van der Waals surface area contributed by atoms with Gasteiger partial charge in [-0.3, -0.25) is 14.5 Å². The Labute approximate surface area is 91.0 Å². The summed E-state index contributed by atoms with van der Waals surface area (Å²) in [6.07, 6.45) is 3.73. The Hall–Kier alpha value is -0.900. The summed E-state index contributed by atoms with van der Waals surface area (Å²) in [5.41, 5.74) is 0. The van der Waals surface area contributed by atoms with Gasteiger partial charge in [0, 0.05) is 13.0 Å². The minimum absolute atomic E-state index is 0.0439. The molecule has 1 aliphatic heterocycles. The molecular formula is C11H20N2O2. The number of ketones is 1. The van der Waals surface area contributed by atoms with Crippen LogP contribution in [-0.4, -0.2) is 42.8 Å². The van der Waals surface area contributed by atoms with Crippen LogP contribution in [0.2, 0.25) is 0 Å². The second kappa shape index (κ2) is 5.85. The van der Waals surface area contributed by atoms with Gasteiger partial charge >= 0.3 is 0 Å². The van der Waals surface area contributed by atoms with E-state index in [9.17, 15) is 9.59 Å².